The van der Waals surface area contributed by atoms with Gasteiger partial charge in [-0.15, -0.1) is 0 Å². The maximum Gasteiger partial charge on any atom is 0.0468 e. The molecule has 0 aliphatic rings. The van der Waals surface area contributed by atoms with Gasteiger partial charge in [0.2, 0.25) is 0 Å². The minimum atomic E-state index is 0.172. The second-order valence-electron chi connectivity index (χ2n) is 5.51. The van der Waals surface area contributed by atoms with E-state index in [4.69, 9.17) is 5.73 Å². The Hall–Kier alpha value is -2.04. The van der Waals surface area contributed by atoms with Gasteiger partial charge in [0.05, 0.1) is 0 Å². The number of para-hydroxylation sites is 1. The standard InChI is InChI=1S/C18H16BrN3/c19-11-5-6-13-16(10-22-18(13)7-11)14(8-20)15-9-21-17-4-2-1-3-12(15)17/h1-7,9-10,14,21-22H,8,20H2. The van der Waals surface area contributed by atoms with Gasteiger partial charge in [-0.3, -0.25) is 0 Å². The third-order valence-electron chi connectivity index (χ3n) is 4.28. The van der Waals surface area contributed by atoms with E-state index in [-0.39, 0.29) is 5.92 Å². The van der Waals surface area contributed by atoms with Crippen molar-refractivity contribution in [1.29, 1.82) is 0 Å². The van der Waals surface area contributed by atoms with Crippen LogP contribution < -0.4 is 5.73 Å². The number of aromatic nitrogens is 2. The Labute approximate surface area is 136 Å². The first-order chi connectivity index (χ1) is 10.8. The molecule has 2 aromatic heterocycles. The zero-order valence-electron chi connectivity index (χ0n) is 11.9. The highest BCUT2D eigenvalue weighted by Gasteiger charge is 2.19. The van der Waals surface area contributed by atoms with E-state index in [1.807, 2.05) is 6.07 Å². The second kappa shape index (κ2) is 5.30. The smallest absolute Gasteiger partial charge is 0.0468 e. The maximum atomic E-state index is 6.13. The number of hydrogen-bond acceptors (Lipinski definition) is 1. The zero-order valence-corrected chi connectivity index (χ0v) is 13.5. The van der Waals surface area contributed by atoms with Gasteiger partial charge < -0.3 is 15.7 Å². The van der Waals surface area contributed by atoms with Gasteiger partial charge in [-0.2, -0.15) is 0 Å². The van der Waals surface area contributed by atoms with E-state index in [1.54, 1.807) is 0 Å². The van der Waals surface area contributed by atoms with Gasteiger partial charge in [0.1, 0.15) is 0 Å². The number of H-pyrrole nitrogens is 2. The average molecular weight is 354 g/mol. The number of rotatable bonds is 3. The summed E-state index contributed by atoms with van der Waals surface area (Å²) in [5.41, 5.74) is 10.9. The SMILES string of the molecule is NCC(c1c[nH]c2ccccc12)c1c[nH]c2cc(Br)ccc12. The fraction of sp³-hybridized carbons (Fsp3) is 0.111. The highest BCUT2D eigenvalue weighted by Crippen LogP contribution is 2.34. The minimum Gasteiger partial charge on any atom is -0.361 e. The van der Waals surface area contributed by atoms with E-state index in [9.17, 15) is 0 Å². The number of nitrogens with one attached hydrogen (secondary N) is 2. The lowest BCUT2D eigenvalue weighted by atomic mass is 9.91. The van der Waals surface area contributed by atoms with Gasteiger partial charge in [-0.05, 0) is 29.3 Å². The fourth-order valence-corrected chi connectivity index (χ4v) is 3.57. The van der Waals surface area contributed by atoms with E-state index in [0.717, 1.165) is 15.5 Å². The number of hydrogen-bond donors (Lipinski definition) is 3. The van der Waals surface area contributed by atoms with Gasteiger partial charge in [-0.1, -0.05) is 40.2 Å². The topological polar surface area (TPSA) is 57.6 Å². The normalized spacial score (nSPS) is 13.0. The summed E-state index contributed by atoms with van der Waals surface area (Å²) in [6.07, 6.45) is 4.16. The second-order valence-corrected chi connectivity index (χ2v) is 6.43. The average Bonchev–Trinajstić information content (AvgIpc) is 3.13. The summed E-state index contributed by atoms with van der Waals surface area (Å²) in [6.45, 7) is 0.574. The molecule has 4 aromatic rings. The van der Waals surface area contributed by atoms with E-state index >= 15 is 0 Å². The molecule has 110 valence electrons. The van der Waals surface area contributed by atoms with Crippen LogP contribution in [0.5, 0.6) is 0 Å². The Morgan fingerprint density at radius 3 is 2.36 bits per heavy atom. The molecule has 4 N–H and O–H groups in total. The lowest BCUT2D eigenvalue weighted by Gasteiger charge is -2.14. The first kappa shape index (κ1) is 13.6. The number of nitrogens with two attached hydrogens (primary N) is 1. The zero-order chi connectivity index (χ0) is 15.1. The van der Waals surface area contributed by atoms with Crippen molar-refractivity contribution in [1.82, 2.24) is 9.97 Å². The summed E-state index contributed by atoms with van der Waals surface area (Å²) in [5, 5.41) is 2.47. The summed E-state index contributed by atoms with van der Waals surface area (Å²) < 4.78 is 1.07. The van der Waals surface area contributed by atoms with E-state index < -0.39 is 0 Å². The van der Waals surface area contributed by atoms with Crippen molar-refractivity contribution in [3.05, 3.63) is 70.5 Å². The van der Waals surface area contributed by atoms with Crippen molar-refractivity contribution < 1.29 is 0 Å². The third kappa shape index (κ3) is 2.07. The molecule has 2 aromatic carbocycles. The Morgan fingerprint density at radius 1 is 0.909 bits per heavy atom. The van der Waals surface area contributed by atoms with Crippen LogP contribution >= 0.6 is 15.9 Å². The lowest BCUT2D eigenvalue weighted by Crippen LogP contribution is -2.13. The molecule has 2 heterocycles. The highest BCUT2D eigenvalue weighted by atomic mass is 79.9. The van der Waals surface area contributed by atoms with Crippen molar-refractivity contribution in [3.63, 3.8) is 0 Å². The van der Waals surface area contributed by atoms with Crippen LogP contribution in [0.2, 0.25) is 0 Å². The molecule has 0 aliphatic heterocycles. The molecule has 0 radical (unpaired) electrons. The van der Waals surface area contributed by atoms with Crippen molar-refractivity contribution in [2.24, 2.45) is 5.73 Å². The Morgan fingerprint density at radius 2 is 1.59 bits per heavy atom. The number of fused-ring (bicyclic) bond motifs is 2. The highest BCUT2D eigenvalue weighted by molar-refractivity contribution is 9.10. The molecular formula is C18H16BrN3. The molecule has 0 saturated carbocycles. The van der Waals surface area contributed by atoms with Crippen molar-refractivity contribution in [3.8, 4) is 0 Å². The molecule has 1 atom stereocenters. The molecule has 4 rings (SSSR count). The van der Waals surface area contributed by atoms with Gasteiger partial charge in [-0.25, -0.2) is 0 Å². The predicted molar refractivity (Wildman–Crippen MR) is 95.2 cm³/mol. The van der Waals surface area contributed by atoms with Crippen LogP contribution in [0.15, 0.2) is 59.3 Å². The van der Waals surface area contributed by atoms with Crippen molar-refractivity contribution >= 4 is 37.7 Å². The maximum absolute atomic E-state index is 6.13. The van der Waals surface area contributed by atoms with Crippen LogP contribution in [0.25, 0.3) is 21.8 Å². The van der Waals surface area contributed by atoms with E-state index in [0.29, 0.717) is 6.54 Å². The third-order valence-corrected chi connectivity index (χ3v) is 4.78. The number of halogens is 1. The first-order valence-electron chi connectivity index (χ1n) is 7.30. The lowest BCUT2D eigenvalue weighted by molar-refractivity contribution is 0.832. The molecular weight excluding hydrogens is 338 g/mol. The summed E-state index contributed by atoms with van der Waals surface area (Å²) in [7, 11) is 0. The molecule has 22 heavy (non-hydrogen) atoms. The van der Waals surface area contributed by atoms with Gasteiger partial charge in [0.15, 0.2) is 0 Å². The monoisotopic (exact) mass is 353 g/mol. The summed E-state index contributed by atoms with van der Waals surface area (Å²) in [6, 6.07) is 14.7. The number of benzene rings is 2. The van der Waals surface area contributed by atoms with Crippen molar-refractivity contribution in [2.75, 3.05) is 6.54 Å². The van der Waals surface area contributed by atoms with Crippen LogP contribution in [0.1, 0.15) is 17.0 Å². The van der Waals surface area contributed by atoms with E-state index in [2.05, 4.69) is 74.7 Å². The van der Waals surface area contributed by atoms with E-state index in [1.165, 1.54) is 21.9 Å². The summed E-state index contributed by atoms with van der Waals surface area (Å²) >= 11 is 3.52. The Bertz CT molecular complexity index is 951. The molecule has 4 heteroatoms. The molecule has 0 aliphatic carbocycles. The van der Waals surface area contributed by atoms with Crippen molar-refractivity contribution in [2.45, 2.75) is 5.92 Å². The van der Waals surface area contributed by atoms with Crippen LogP contribution in [0.3, 0.4) is 0 Å². The minimum absolute atomic E-state index is 0.172. The van der Waals surface area contributed by atoms with Crippen LogP contribution in [0, 0.1) is 0 Å². The largest absolute Gasteiger partial charge is 0.361 e. The van der Waals surface area contributed by atoms with Crippen LogP contribution in [0.4, 0.5) is 0 Å². The van der Waals surface area contributed by atoms with Crippen LogP contribution in [-0.4, -0.2) is 16.5 Å². The summed E-state index contributed by atoms with van der Waals surface area (Å²) in [4.78, 5) is 6.71. The number of aromatic amines is 2. The Balaban J connectivity index is 1.90. The summed E-state index contributed by atoms with van der Waals surface area (Å²) in [5.74, 6) is 0.172. The molecule has 0 saturated heterocycles. The van der Waals surface area contributed by atoms with Gasteiger partial charge >= 0.3 is 0 Å². The van der Waals surface area contributed by atoms with Gasteiger partial charge in [0.25, 0.3) is 0 Å². The van der Waals surface area contributed by atoms with Gasteiger partial charge in [0, 0.05) is 51.1 Å². The molecule has 0 amide bonds. The molecule has 1 unspecified atom stereocenters. The fourth-order valence-electron chi connectivity index (χ4n) is 3.21. The molecule has 3 nitrogen and oxygen atoms in total. The predicted octanol–water partition coefficient (Wildman–Crippen LogP) is 4.50. The molecule has 0 fully saturated rings. The van der Waals surface area contributed by atoms with Crippen LogP contribution in [-0.2, 0) is 0 Å². The molecule has 0 bridgehead atoms. The quantitative estimate of drug-likeness (QED) is 0.498. The Kier molecular flexibility index (Phi) is 3.28. The first-order valence-corrected chi connectivity index (χ1v) is 8.10. The molecule has 0 spiro atoms.